The number of nitrogens with two attached hydrogens (primary N) is 5. The van der Waals surface area contributed by atoms with E-state index in [2.05, 4.69) is 0 Å². The zero-order valence-electron chi connectivity index (χ0n) is 20.4. The van der Waals surface area contributed by atoms with Crippen molar-refractivity contribution in [2.45, 2.75) is 111 Å². The molecule has 0 amide bonds. The van der Waals surface area contributed by atoms with E-state index in [0.29, 0.717) is 5.75 Å². The van der Waals surface area contributed by atoms with Gasteiger partial charge in [0.2, 0.25) is 0 Å². The van der Waals surface area contributed by atoms with E-state index in [1.165, 1.54) is 0 Å². The summed E-state index contributed by atoms with van der Waals surface area (Å²) < 4.78 is 23.3. The first kappa shape index (κ1) is 30.3. The number of aliphatic hydroxyl groups excluding tert-OH is 5. The van der Waals surface area contributed by atoms with Crippen molar-refractivity contribution < 1.29 is 44.5 Å². The quantitative estimate of drug-likeness (QED) is 0.122. The SMILES string of the molecule is CCCSC[C@H]1O[C@H](O[C@@H]2[C@@H](O)[C@H](O[C@H]3O[C@H](CN)[C@@H](O)[C@H](O)[C@H]3N)[C@@H](N)C[C@H]2N)[C@H](O)[C@@H](N)[C@@H]1O. The van der Waals surface area contributed by atoms with Crippen LogP contribution in [0.4, 0.5) is 0 Å². The Morgan fingerprint density at radius 3 is 1.92 bits per heavy atom. The molecule has 0 aromatic rings. The van der Waals surface area contributed by atoms with Crippen LogP contribution in [-0.4, -0.2) is 135 Å². The van der Waals surface area contributed by atoms with E-state index in [1.54, 1.807) is 11.8 Å². The topological polar surface area (TPSA) is 268 Å². The molecule has 1 aliphatic carbocycles. The molecule has 0 aromatic heterocycles. The lowest BCUT2D eigenvalue weighted by atomic mass is 9.84. The summed E-state index contributed by atoms with van der Waals surface area (Å²) in [5, 5.41) is 52.5. The van der Waals surface area contributed by atoms with Crippen molar-refractivity contribution >= 4 is 11.8 Å². The summed E-state index contributed by atoms with van der Waals surface area (Å²) in [6.07, 6.45) is -11.7. The largest absolute Gasteiger partial charge is 0.389 e. The Hall–Kier alpha value is -0.210. The van der Waals surface area contributed by atoms with Gasteiger partial charge in [0, 0.05) is 24.4 Å². The van der Waals surface area contributed by atoms with Gasteiger partial charge in [0.1, 0.15) is 42.7 Å². The van der Waals surface area contributed by atoms with E-state index >= 15 is 0 Å². The van der Waals surface area contributed by atoms with E-state index < -0.39 is 91.7 Å². The minimum Gasteiger partial charge on any atom is -0.389 e. The fourth-order valence-electron chi connectivity index (χ4n) is 4.78. The molecule has 2 aliphatic heterocycles. The second-order valence-corrected chi connectivity index (χ2v) is 10.9. The van der Waals surface area contributed by atoms with Gasteiger partial charge in [0.15, 0.2) is 12.6 Å². The Morgan fingerprint density at radius 2 is 1.33 bits per heavy atom. The van der Waals surface area contributed by atoms with Gasteiger partial charge in [-0.25, -0.2) is 0 Å². The molecule has 0 unspecified atom stereocenters. The van der Waals surface area contributed by atoms with Gasteiger partial charge in [-0.1, -0.05) is 6.92 Å². The van der Waals surface area contributed by atoms with Crippen LogP contribution in [0, 0.1) is 0 Å². The van der Waals surface area contributed by atoms with Crippen molar-refractivity contribution in [2.24, 2.45) is 28.7 Å². The zero-order valence-corrected chi connectivity index (χ0v) is 21.2. The Kier molecular flexibility index (Phi) is 11.1. The van der Waals surface area contributed by atoms with E-state index in [4.69, 9.17) is 47.6 Å². The van der Waals surface area contributed by atoms with Gasteiger partial charge in [-0.2, -0.15) is 11.8 Å². The normalized spacial score (nSPS) is 50.2. The lowest BCUT2D eigenvalue weighted by molar-refractivity contribution is -0.314. The van der Waals surface area contributed by atoms with Crippen molar-refractivity contribution in [3.05, 3.63) is 0 Å². The molecule has 0 aromatic carbocycles. The summed E-state index contributed by atoms with van der Waals surface area (Å²) in [4.78, 5) is 0. The molecule has 2 heterocycles. The highest BCUT2D eigenvalue weighted by Crippen LogP contribution is 2.31. The number of aliphatic hydroxyl groups is 5. The van der Waals surface area contributed by atoms with Gasteiger partial charge in [0.05, 0.1) is 24.3 Å². The number of hydrogen-bond donors (Lipinski definition) is 10. The Balaban J connectivity index is 1.70. The smallest absolute Gasteiger partial charge is 0.186 e. The summed E-state index contributed by atoms with van der Waals surface area (Å²) in [6, 6.07) is -3.66. The second-order valence-electron chi connectivity index (χ2n) is 9.77. The van der Waals surface area contributed by atoms with Crippen molar-refractivity contribution in [2.75, 3.05) is 18.1 Å². The average molecular weight is 542 g/mol. The van der Waals surface area contributed by atoms with Crippen molar-refractivity contribution in [3.63, 3.8) is 0 Å². The van der Waals surface area contributed by atoms with Crippen LogP contribution in [0.25, 0.3) is 0 Å². The van der Waals surface area contributed by atoms with E-state index in [-0.39, 0.29) is 13.0 Å². The first-order valence-corrected chi connectivity index (χ1v) is 13.5. The fraction of sp³-hybridized carbons (Fsp3) is 1.00. The average Bonchev–Trinajstić information content (AvgIpc) is 2.85. The van der Waals surface area contributed by atoms with Crippen LogP contribution in [0.3, 0.4) is 0 Å². The molecule has 15 N–H and O–H groups in total. The highest BCUT2D eigenvalue weighted by atomic mass is 32.2. The van der Waals surface area contributed by atoms with Gasteiger partial charge in [0.25, 0.3) is 0 Å². The predicted molar refractivity (Wildman–Crippen MR) is 130 cm³/mol. The molecule has 0 bridgehead atoms. The van der Waals surface area contributed by atoms with Gasteiger partial charge < -0.3 is 73.1 Å². The van der Waals surface area contributed by atoms with Crippen LogP contribution >= 0.6 is 11.8 Å². The summed E-state index contributed by atoms with van der Waals surface area (Å²) in [7, 11) is 0. The van der Waals surface area contributed by atoms with Crippen molar-refractivity contribution in [3.8, 4) is 0 Å². The molecular formula is C21H43N5O9S. The monoisotopic (exact) mass is 541 g/mol. The number of thioether (sulfide) groups is 1. The first-order chi connectivity index (χ1) is 17.0. The van der Waals surface area contributed by atoms with Crippen LogP contribution in [0.2, 0.25) is 0 Å². The molecule has 3 rings (SSSR count). The molecule has 212 valence electrons. The van der Waals surface area contributed by atoms with Crippen LogP contribution in [0.15, 0.2) is 0 Å². The highest BCUT2D eigenvalue weighted by molar-refractivity contribution is 7.99. The minimum absolute atomic E-state index is 0.0958. The molecule has 2 saturated heterocycles. The molecule has 0 radical (unpaired) electrons. The molecule has 1 saturated carbocycles. The number of rotatable bonds is 9. The minimum atomic E-state index is -1.40. The van der Waals surface area contributed by atoms with Gasteiger partial charge >= 0.3 is 0 Å². The standard InChI is InChI=1S/C21H43N5O9S/c1-2-3-36-6-10-13(27)11(25)16(30)21(33-10)35-19-8(24)4-7(23)18(17(19)31)34-20-12(26)15(29)14(28)9(5-22)32-20/h7-21,27-31H,2-6,22-26H2,1H3/t7-,8+,9+,10+,11-,12+,13+,14+,15+,16+,17-,18+,19-,20+,21+/m0/s1. The maximum atomic E-state index is 11.1. The Morgan fingerprint density at radius 1 is 0.750 bits per heavy atom. The molecule has 14 nitrogen and oxygen atoms in total. The third kappa shape index (κ3) is 6.50. The fourth-order valence-corrected chi connectivity index (χ4v) is 5.74. The maximum absolute atomic E-state index is 11.1. The van der Waals surface area contributed by atoms with Gasteiger partial charge in [-0.3, -0.25) is 0 Å². The summed E-state index contributed by atoms with van der Waals surface area (Å²) in [5.41, 5.74) is 30.1. The van der Waals surface area contributed by atoms with E-state index in [1.807, 2.05) is 6.92 Å². The molecule has 3 aliphatic rings. The maximum Gasteiger partial charge on any atom is 0.186 e. The Labute approximate surface area is 214 Å². The zero-order chi connectivity index (χ0) is 26.7. The lowest BCUT2D eigenvalue weighted by Gasteiger charge is -2.48. The van der Waals surface area contributed by atoms with Crippen LogP contribution in [0.1, 0.15) is 19.8 Å². The lowest BCUT2D eigenvalue weighted by Crippen LogP contribution is -2.69. The third-order valence-electron chi connectivity index (χ3n) is 7.01. The van der Waals surface area contributed by atoms with Crippen molar-refractivity contribution in [1.82, 2.24) is 0 Å². The molecule has 36 heavy (non-hydrogen) atoms. The number of hydrogen-bond acceptors (Lipinski definition) is 15. The Bertz CT molecular complexity index is 688. The molecule has 3 fully saturated rings. The van der Waals surface area contributed by atoms with Crippen LogP contribution in [-0.2, 0) is 18.9 Å². The molecular weight excluding hydrogens is 498 g/mol. The molecule has 15 heteroatoms. The summed E-state index contributed by atoms with van der Waals surface area (Å²) in [6.45, 7) is 1.94. The van der Waals surface area contributed by atoms with Crippen molar-refractivity contribution in [1.29, 1.82) is 0 Å². The van der Waals surface area contributed by atoms with E-state index in [0.717, 1.165) is 12.2 Å². The molecule has 0 spiro atoms. The highest BCUT2D eigenvalue weighted by Gasteiger charge is 2.51. The summed E-state index contributed by atoms with van der Waals surface area (Å²) in [5.74, 6) is 1.31. The van der Waals surface area contributed by atoms with Crippen LogP contribution in [0.5, 0.6) is 0 Å². The predicted octanol–water partition coefficient (Wildman–Crippen LogP) is -5.17. The number of ether oxygens (including phenoxy) is 4. The summed E-state index contributed by atoms with van der Waals surface area (Å²) >= 11 is 1.58. The second kappa shape index (κ2) is 13.2. The van der Waals surface area contributed by atoms with Gasteiger partial charge in [-0.05, 0) is 18.6 Å². The van der Waals surface area contributed by atoms with Crippen LogP contribution < -0.4 is 28.7 Å². The molecule has 15 atom stereocenters. The third-order valence-corrected chi connectivity index (χ3v) is 8.27. The van der Waals surface area contributed by atoms with E-state index in [9.17, 15) is 25.5 Å². The first-order valence-electron chi connectivity index (χ1n) is 12.3. The van der Waals surface area contributed by atoms with Gasteiger partial charge in [-0.15, -0.1) is 0 Å².